The molecule has 2 aliphatic rings. The summed E-state index contributed by atoms with van der Waals surface area (Å²) in [4.78, 5) is 2.79. The average molecular weight is 210 g/mol. The van der Waals surface area contributed by atoms with E-state index >= 15 is 0 Å². The van der Waals surface area contributed by atoms with Gasteiger partial charge >= 0.3 is 0 Å². The maximum atomic E-state index is 6.11. The van der Waals surface area contributed by atoms with Crippen LogP contribution in [0.25, 0.3) is 0 Å². The summed E-state index contributed by atoms with van der Waals surface area (Å²) in [5.74, 6) is 0. The van der Waals surface area contributed by atoms with Crippen LogP contribution in [0.5, 0.6) is 0 Å². The third kappa shape index (κ3) is 2.07. The number of nitrogens with two attached hydrogens (primary N) is 1. The van der Waals surface area contributed by atoms with Crippen LogP contribution in [0.2, 0.25) is 0 Å². The fourth-order valence-corrected chi connectivity index (χ4v) is 3.95. The summed E-state index contributed by atoms with van der Waals surface area (Å²) in [5.41, 5.74) is 6.50. The lowest BCUT2D eigenvalue weighted by Gasteiger charge is -2.48. The lowest BCUT2D eigenvalue weighted by molar-refractivity contribution is 0.0202. The van der Waals surface area contributed by atoms with E-state index in [1.807, 2.05) is 0 Å². The van der Waals surface area contributed by atoms with Crippen molar-refractivity contribution in [2.45, 2.75) is 83.0 Å². The molecule has 15 heavy (non-hydrogen) atoms. The van der Waals surface area contributed by atoms with Crippen LogP contribution in [0.3, 0.4) is 0 Å². The Bertz CT molecular complexity index is 211. The molecular weight excluding hydrogens is 184 g/mol. The first-order valence-electron chi connectivity index (χ1n) is 6.58. The van der Waals surface area contributed by atoms with Crippen molar-refractivity contribution in [1.82, 2.24) is 4.90 Å². The van der Waals surface area contributed by atoms with Gasteiger partial charge in [-0.25, -0.2) is 0 Å². The van der Waals surface area contributed by atoms with Gasteiger partial charge in [0.2, 0.25) is 0 Å². The van der Waals surface area contributed by atoms with Crippen LogP contribution < -0.4 is 5.73 Å². The minimum Gasteiger partial charge on any atom is -0.328 e. The van der Waals surface area contributed by atoms with Gasteiger partial charge in [-0.15, -0.1) is 0 Å². The minimum absolute atomic E-state index is 0.390. The molecule has 0 aromatic rings. The maximum absolute atomic E-state index is 6.11. The molecule has 0 radical (unpaired) electrons. The first-order chi connectivity index (χ1) is 7.04. The lowest BCUT2D eigenvalue weighted by atomic mass is 9.88. The Morgan fingerprint density at radius 1 is 1.20 bits per heavy atom. The van der Waals surface area contributed by atoms with E-state index in [-0.39, 0.29) is 0 Å². The second kappa shape index (κ2) is 4.06. The highest BCUT2D eigenvalue weighted by molar-refractivity contribution is 5.02. The summed E-state index contributed by atoms with van der Waals surface area (Å²) in [6.07, 6.45) is 7.81. The molecule has 2 heteroatoms. The number of hydrogen-bond acceptors (Lipinski definition) is 2. The third-order valence-electron chi connectivity index (χ3n) is 4.33. The van der Waals surface area contributed by atoms with Crippen LogP contribution in [-0.2, 0) is 0 Å². The van der Waals surface area contributed by atoms with E-state index in [0.29, 0.717) is 11.6 Å². The molecular formula is C13H26N2. The number of rotatable bonds is 3. The van der Waals surface area contributed by atoms with E-state index in [0.717, 1.165) is 12.1 Å². The molecule has 2 saturated heterocycles. The molecule has 0 aliphatic carbocycles. The van der Waals surface area contributed by atoms with Crippen LogP contribution >= 0.6 is 0 Å². The molecule has 2 atom stereocenters. The average Bonchev–Trinajstić information content (AvgIpc) is 2.40. The van der Waals surface area contributed by atoms with Crippen molar-refractivity contribution in [3.63, 3.8) is 0 Å². The Labute approximate surface area is 94.2 Å². The van der Waals surface area contributed by atoms with Crippen LogP contribution in [0, 0.1) is 0 Å². The van der Waals surface area contributed by atoms with E-state index in [2.05, 4.69) is 25.7 Å². The molecule has 2 unspecified atom stereocenters. The fourth-order valence-electron chi connectivity index (χ4n) is 3.95. The van der Waals surface area contributed by atoms with Crippen molar-refractivity contribution in [1.29, 1.82) is 0 Å². The first kappa shape index (κ1) is 11.4. The summed E-state index contributed by atoms with van der Waals surface area (Å²) in [6.45, 7) is 7.12. The van der Waals surface area contributed by atoms with E-state index in [1.165, 1.54) is 38.5 Å². The first-order valence-corrected chi connectivity index (χ1v) is 6.58. The van der Waals surface area contributed by atoms with Gasteiger partial charge in [0, 0.05) is 23.7 Å². The van der Waals surface area contributed by atoms with E-state index in [1.54, 1.807) is 0 Å². The summed E-state index contributed by atoms with van der Waals surface area (Å²) < 4.78 is 0. The second-order valence-electron chi connectivity index (χ2n) is 6.09. The van der Waals surface area contributed by atoms with Gasteiger partial charge in [-0.05, 0) is 46.0 Å². The Kier molecular flexibility index (Phi) is 3.09. The van der Waals surface area contributed by atoms with Crippen molar-refractivity contribution in [2.24, 2.45) is 5.73 Å². The smallest absolute Gasteiger partial charge is 0.0159 e. The molecule has 2 fully saturated rings. The number of hydrogen-bond donors (Lipinski definition) is 1. The third-order valence-corrected chi connectivity index (χ3v) is 4.33. The fraction of sp³-hybridized carbons (Fsp3) is 1.00. The van der Waals surface area contributed by atoms with Crippen molar-refractivity contribution in [2.75, 3.05) is 0 Å². The van der Waals surface area contributed by atoms with Crippen LogP contribution in [-0.4, -0.2) is 28.6 Å². The van der Waals surface area contributed by atoms with E-state index in [4.69, 9.17) is 5.73 Å². The van der Waals surface area contributed by atoms with Gasteiger partial charge in [-0.1, -0.05) is 13.3 Å². The SMILES string of the molecule is CCCC(C)(C)N1C2CCC1CC(N)C2. The monoisotopic (exact) mass is 210 g/mol. The summed E-state index contributed by atoms with van der Waals surface area (Å²) in [5, 5.41) is 0. The number of piperidine rings is 1. The number of fused-ring (bicyclic) bond motifs is 2. The molecule has 2 heterocycles. The predicted octanol–water partition coefficient (Wildman–Crippen LogP) is 2.52. The van der Waals surface area contributed by atoms with Crippen LogP contribution in [0.15, 0.2) is 0 Å². The number of nitrogens with zero attached hydrogens (tertiary/aromatic N) is 1. The predicted molar refractivity (Wildman–Crippen MR) is 64.8 cm³/mol. The topological polar surface area (TPSA) is 29.3 Å². The maximum Gasteiger partial charge on any atom is 0.0159 e. The minimum atomic E-state index is 0.390. The van der Waals surface area contributed by atoms with E-state index < -0.39 is 0 Å². The van der Waals surface area contributed by atoms with Gasteiger partial charge in [0.1, 0.15) is 0 Å². The van der Waals surface area contributed by atoms with Crippen LogP contribution in [0.1, 0.15) is 59.3 Å². The Balaban J connectivity index is 2.10. The van der Waals surface area contributed by atoms with Crippen molar-refractivity contribution in [3.05, 3.63) is 0 Å². The quantitative estimate of drug-likeness (QED) is 0.775. The largest absolute Gasteiger partial charge is 0.328 e. The Morgan fingerprint density at radius 3 is 2.20 bits per heavy atom. The Hall–Kier alpha value is -0.0800. The summed E-state index contributed by atoms with van der Waals surface area (Å²) >= 11 is 0. The molecule has 0 saturated carbocycles. The van der Waals surface area contributed by atoms with Gasteiger partial charge < -0.3 is 5.73 Å². The standard InChI is InChI=1S/C13H26N2/c1-4-7-13(2,3)15-11-5-6-12(15)9-10(14)8-11/h10-12H,4-9,14H2,1-3H3. The molecule has 2 nitrogen and oxygen atoms in total. The Morgan fingerprint density at radius 2 is 1.73 bits per heavy atom. The normalized spacial score (nSPS) is 37.2. The zero-order valence-electron chi connectivity index (χ0n) is 10.5. The summed E-state index contributed by atoms with van der Waals surface area (Å²) in [6, 6.07) is 2.02. The van der Waals surface area contributed by atoms with Crippen molar-refractivity contribution in [3.8, 4) is 0 Å². The second-order valence-corrected chi connectivity index (χ2v) is 6.09. The molecule has 2 N–H and O–H groups in total. The molecule has 0 amide bonds. The molecule has 0 aromatic heterocycles. The molecule has 0 aromatic carbocycles. The molecule has 88 valence electrons. The molecule has 2 bridgehead atoms. The highest BCUT2D eigenvalue weighted by atomic mass is 15.3. The zero-order chi connectivity index (χ0) is 11.1. The zero-order valence-corrected chi connectivity index (χ0v) is 10.5. The van der Waals surface area contributed by atoms with Crippen LogP contribution in [0.4, 0.5) is 0 Å². The highest BCUT2D eigenvalue weighted by Crippen LogP contribution is 2.41. The highest BCUT2D eigenvalue weighted by Gasteiger charge is 2.45. The van der Waals surface area contributed by atoms with Gasteiger partial charge in [0.05, 0.1) is 0 Å². The van der Waals surface area contributed by atoms with Gasteiger partial charge in [0.15, 0.2) is 0 Å². The molecule has 2 rings (SSSR count). The van der Waals surface area contributed by atoms with E-state index in [9.17, 15) is 0 Å². The van der Waals surface area contributed by atoms with Gasteiger partial charge in [-0.2, -0.15) is 0 Å². The molecule has 0 spiro atoms. The van der Waals surface area contributed by atoms with Crippen molar-refractivity contribution >= 4 is 0 Å². The van der Waals surface area contributed by atoms with Gasteiger partial charge in [-0.3, -0.25) is 4.90 Å². The van der Waals surface area contributed by atoms with Crippen molar-refractivity contribution < 1.29 is 0 Å². The summed E-state index contributed by atoms with van der Waals surface area (Å²) in [7, 11) is 0. The molecule has 2 aliphatic heterocycles. The van der Waals surface area contributed by atoms with Gasteiger partial charge in [0.25, 0.3) is 0 Å². The lowest BCUT2D eigenvalue weighted by Crippen LogP contribution is -2.56.